The van der Waals surface area contributed by atoms with Gasteiger partial charge in [0.15, 0.2) is 0 Å². The van der Waals surface area contributed by atoms with E-state index in [1.807, 2.05) is 6.07 Å². The van der Waals surface area contributed by atoms with Gasteiger partial charge in [0, 0.05) is 18.2 Å². The highest BCUT2D eigenvalue weighted by atomic mass is 79.9. The molecule has 4 nitrogen and oxygen atoms in total. The molecule has 5 heteroatoms. The van der Waals surface area contributed by atoms with Crippen molar-refractivity contribution in [3.63, 3.8) is 0 Å². The lowest BCUT2D eigenvalue weighted by Gasteiger charge is -2.23. The van der Waals surface area contributed by atoms with Crippen molar-refractivity contribution in [3.8, 4) is 11.5 Å². The molecular formula is C14H21BrN2O2. The van der Waals surface area contributed by atoms with Crippen LogP contribution < -0.4 is 15.2 Å². The Morgan fingerprint density at radius 2 is 2.11 bits per heavy atom. The monoisotopic (exact) mass is 328 g/mol. The minimum atomic E-state index is 0.329. The zero-order valence-corrected chi connectivity index (χ0v) is 13.2. The minimum Gasteiger partial charge on any atom is -0.497 e. The van der Waals surface area contributed by atoms with Crippen molar-refractivity contribution in [2.75, 3.05) is 34.4 Å². The van der Waals surface area contributed by atoms with E-state index in [0.29, 0.717) is 12.0 Å². The fraction of sp³-hybridized carbons (Fsp3) is 0.571. The molecule has 1 fully saturated rings. The molecule has 0 spiro atoms. The number of halogens is 1. The van der Waals surface area contributed by atoms with Crippen molar-refractivity contribution < 1.29 is 9.47 Å². The van der Waals surface area contributed by atoms with Gasteiger partial charge >= 0.3 is 0 Å². The number of benzene rings is 1. The summed E-state index contributed by atoms with van der Waals surface area (Å²) in [7, 11) is 5.51. The molecule has 2 rings (SSSR count). The van der Waals surface area contributed by atoms with Crippen LogP contribution >= 0.6 is 15.9 Å². The molecule has 0 saturated carbocycles. The number of nitrogens with zero attached hydrogens (tertiary/aromatic N) is 1. The van der Waals surface area contributed by atoms with Crippen molar-refractivity contribution >= 4 is 15.9 Å². The molecular weight excluding hydrogens is 308 g/mol. The van der Waals surface area contributed by atoms with E-state index in [1.165, 1.54) is 0 Å². The third kappa shape index (κ3) is 2.88. The predicted octanol–water partition coefficient (Wildman–Crippen LogP) is 2.42. The number of likely N-dealkylation sites (tertiary alicyclic amines) is 1. The molecule has 2 N–H and O–H groups in total. The predicted molar refractivity (Wildman–Crippen MR) is 79.8 cm³/mol. The van der Waals surface area contributed by atoms with Gasteiger partial charge in [-0.05, 0) is 54.0 Å². The molecule has 1 aromatic rings. The molecule has 0 amide bonds. The van der Waals surface area contributed by atoms with Crippen LogP contribution in [0.5, 0.6) is 11.5 Å². The van der Waals surface area contributed by atoms with Gasteiger partial charge in [-0.25, -0.2) is 0 Å². The summed E-state index contributed by atoms with van der Waals surface area (Å²) < 4.78 is 11.8. The van der Waals surface area contributed by atoms with Gasteiger partial charge < -0.3 is 15.2 Å². The van der Waals surface area contributed by atoms with E-state index >= 15 is 0 Å². The summed E-state index contributed by atoms with van der Waals surface area (Å²) in [6, 6.07) is 4.32. The minimum absolute atomic E-state index is 0.329. The SMILES string of the molecule is COc1cc(Br)c(OC)c(C2CC(CN)CN2C)c1. The van der Waals surface area contributed by atoms with Crippen molar-refractivity contribution in [2.24, 2.45) is 11.7 Å². The normalized spacial score (nSPS) is 23.6. The van der Waals surface area contributed by atoms with Gasteiger partial charge in [-0.3, -0.25) is 4.90 Å². The topological polar surface area (TPSA) is 47.7 Å². The second kappa shape index (κ2) is 6.11. The van der Waals surface area contributed by atoms with Crippen LogP contribution in [0.2, 0.25) is 0 Å². The summed E-state index contributed by atoms with van der Waals surface area (Å²) in [5, 5.41) is 0. The van der Waals surface area contributed by atoms with Crippen LogP contribution in [0.4, 0.5) is 0 Å². The van der Waals surface area contributed by atoms with Gasteiger partial charge in [0.05, 0.1) is 18.7 Å². The molecule has 19 heavy (non-hydrogen) atoms. The molecule has 2 unspecified atom stereocenters. The number of ether oxygens (including phenoxy) is 2. The van der Waals surface area contributed by atoms with Gasteiger partial charge in [0.2, 0.25) is 0 Å². The average molecular weight is 329 g/mol. The number of nitrogens with two attached hydrogens (primary N) is 1. The molecule has 0 bridgehead atoms. The molecule has 0 aliphatic carbocycles. The third-order valence-corrected chi connectivity index (χ3v) is 4.40. The lowest BCUT2D eigenvalue weighted by molar-refractivity contribution is 0.301. The summed E-state index contributed by atoms with van der Waals surface area (Å²) in [6.45, 7) is 1.76. The molecule has 1 aromatic carbocycles. The van der Waals surface area contributed by atoms with E-state index in [-0.39, 0.29) is 0 Å². The number of hydrogen-bond donors (Lipinski definition) is 1. The highest BCUT2D eigenvalue weighted by Gasteiger charge is 2.32. The second-order valence-electron chi connectivity index (χ2n) is 5.02. The summed E-state index contributed by atoms with van der Waals surface area (Å²) in [4.78, 5) is 2.33. The van der Waals surface area contributed by atoms with Gasteiger partial charge in [0.25, 0.3) is 0 Å². The summed E-state index contributed by atoms with van der Waals surface area (Å²) in [6.07, 6.45) is 1.06. The van der Waals surface area contributed by atoms with Crippen molar-refractivity contribution in [3.05, 3.63) is 22.2 Å². The maximum atomic E-state index is 5.80. The zero-order chi connectivity index (χ0) is 14.0. The summed E-state index contributed by atoms with van der Waals surface area (Å²) >= 11 is 3.55. The molecule has 0 radical (unpaired) electrons. The first-order valence-electron chi connectivity index (χ1n) is 6.42. The lowest BCUT2D eigenvalue weighted by Crippen LogP contribution is -2.21. The van der Waals surface area contributed by atoms with E-state index in [2.05, 4.69) is 33.9 Å². The Hall–Kier alpha value is -0.780. The number of rotatable bonds is 4. The molecule has 1 aliphatic rings. The summed E-state index contributed by atoms with van der Waals surface area (Å²) in [5.41, 5.74) is 6.96. The van der Waals surface area contributed by atoms with E-state index in [1.54, 1.807) is 14.2 Å². The Balaban J connectivity index is 2.40. The van der Waals surface area contributed by atoms with Gasteiger partial charge in [-0.2, -0.15) is 0 Å². The number of hydrogen-bond acceptors (Lipinski definition) is 4. The Kier molecular flexibility index (Phi) is 4.71. The first kappa shape index (κ1) is 14.6. The molecule has 1 heterocycles. The summed E-state index contributed by atoms with van der Waals surface area (Å²) in [5.74, 6) is 2.27. The van der Waals surface area contributed by atoms with Crippen molar-refractivity contribution in [2.45, 2.75) is 12.5 Å². The molecule has 106 valence electrons. The largest absolute Gasteiger partial charge is 0.497 e. The van der Waals surface area contributed by atoms with E-state index in [0.717, 1.165) is 41.0 Å². The zero-order valence-electron chi connectivity index (χ0n) is 11.6. The fourth-order valence-electron chi connectivity index (χ4n) is 2.81. The van der Waals surface area contributed by atoms with E-state index in [9.17, 15) is 0 Å². The molecule has 0 aromatic heterocycles. The van der Waals surface area contributed by atoms with Crippen LogP contribution in [0.15, 0.2) is 16.6 Å². The lowest BCUT2D eigenvalue weighted by atomic mass is 9.99. The van der Waals surface area contributed by atoms with E-state index < -0.39 is 0 Å². The Morgan fingerprint density at radius 3 is 2.63 bits per heavy atom. The number of methoxy groups -OCH3 is 2. The highest BCUT2D eigenvalue weighted by Crippen LogP contribution is 2.43. The Bertz CT molecular complexity index is 453. The van der Waals surface area contributed by atoms with Crippen LogP contribution in [0.3, 0.4) is 0 Å². The first-order chi connectivity index (χ1) is 9.10. The van der Waals surface area contributed by atoms with Gasteiger partial charge in [-0.1, -0.05) is 0 Å². The third-order valence-electron chi connectivity index (χ3n) is 3.81. The first-order valence-corrected chi connectivity index (χ1v) is 7.21. The molecule has 1 aliphatic heterocycles. The fourth-order valence-corrected chi connectivity index (χ4v) is 3.43. The van der Waals surface area contributed by atoms with Crippen molar-refractivity contribution in [1.82, 2.24) is 4.90 Å². The maximum Gasteiger partial charge on any atom is 0.138 e. The van der Waals surface area contributed by atoms with Gasteiger partial charge in [-0.15, -0.1) is 0 Å². The standard InChI is InChI=1S/C14H21BrN2O2/c1-17-8-9(7-16)4-13(17)11-5-10(18-2)6-12(15)14(11)19-3/h5-6,9,13H,4,7-8,16H2,1-3H3. The Labute approximate surface area is 123 Å². The van der Waals surface area contributed by atoms with Crippen LogP contribution in [-0.4, -0.2) is 39.3 Å². The van der Waals surface area contributed by atoms with Crippen LogP contribution in [-0.2, 0) is 0 Å². The van der Waals surface area contributed by atoms with Crippen molar-refractivity contribution in [1.29, 1.82) is 0 Å². The molecule has 1 saturated heterocycles. The second-order valence-corrected chi connectivity index (χ2v) is 5.88. The quantitative estimate of drug-likeness (QED) is 0.922. The van der Waals surface area contributed by atoms with Crippen LogP contribution in [0.25, 0.3) is 0 Å². The van der Waals surface area contributed by atoms with Crippen LogP contribution in [0, 0.1) is 5.92 Å². The highest BCUT2D eigenvalue weighted by molar-refractivity contribution is 9.10. The average Bonchev–Trinajstić information content (AvgIpc) is 2.79. The Morgan fingerprint density at radius 1 is 1.37 bits per heavy atom. The van der Waals surface area contributed by atoms with Gasteiger partial charge in [0.1, 0.15) is 11.5 Å². The molecule has 2 atom stereocenters. The van der Waals surface area contributed by atoms with Crippen LogP contribution in [0.1, 0.15) is 18.0 Å². The smallest absolute Gasteiger partial charge is 0.138 e. The maximum absolute atomic E-state index is 5.80. The van der Waals surface area contributed by atoms with E-state index in [4.69, 9.17) is 15.2 Å².